The maximum absolute atomic E-state index is 10.9. The smallest absolute Gasteiger partial charge is 0.248 e. The highest BCUT2D eigenvalue weighted by Gasteiger charge is 2.00. The highest BCUT2D eigenvalue weighted by molar-refractivity contribution is 7.99. The first-order valence-electron chi connectivity index (χ1n) is 6.06. The standard InChI is InChI=1S/C15H14ClNO2S/c16-12-3-7-14(8-4-12)20-10-9-19-13-5-1-11(2-6-13)15(17)18/h1-8H,9-10H2,(H2,17,18). The van der Waals surface area contributed by atoms with E-state index in [4.69, 9.17) is 22.1 Å². The second-order valence-electron chi connectivity index (χ2n) is 4.04. The summed E-state index contributed by atoms with van der Waals surface area (Å²) >= 11 is 7.52. The number of amides is 1. The lowest BCUT2D eigenvalue weighted by Crippen LogP contribution is -2.10. The highest BCUT2D eigenvalue weighted by atomic mass is 35.5. The Bertz CT molecular complexity index is 569. The van der Waals surface area contributed by atoms with Crippen LogP contribution in [0, 0.1) is 0 Å². The van der Waals surface area contributed by atoms with Crippen LogP contribution in [0.1, 0.15) is 10.4 Å². The van der Waals surface area contributed by atoms with Crippen LogP contribution in [0.25, 0.3) is 0 Å². The summed E-state index contributed by atoms with van der Waals surface area (Å²) in [5.41, 5.74) is 5.65. The number of carbonyl (C=O) groups excluding carboxylic acids is 1. The van der Waals surface area contributed by atoms with E-state index < -0.39 is 5.91 Å². The Kier molecular flexibility index (Phi) is 5.32. The summed E-state index contributed by atoms with van der Waals surface area (Å²) in [4.78, 5) is 12.1. The number of thioether (sulfide) groups is 1. The fourth-order valence-electron chi connectivity index (χ4n) is 1.57. The molecule has 0 spiro atoms. The number of hydrogen-bond donors (Lipinski definition) is 1. The van der Waals surface area contributed by atoms with Gasteiger partial charge in [0, 0.05) is 21.2 Å². The molecule has 0 aliphatic carbocycles. The molecule has 0 saturated carbocycles. The van der Waals surface area contributed by atoms with Crippen molar-refractivity contribution in [1.82, 2.24) is 0 Å². The predicted molar refractivity (Wildman–Crippen MR) is 82.6 cm³/mol. The molecule has 20 heavy (non-hydrogen) atoms. The van der Waals surface area contributed by atoms with Gasteiger partial charge in [0.2, 0.25) is 5.91 Å². The summed E-state index contributed by atoms with van der Waals surface area (Å²) in [6, 6.07) is 14.5. The van der Waals surface area contributed by atoms with E-state index in [-0.39, 0.29) is 0 Å². The number of rotatable bonds is 6. The molecule has 1 amide bonds. The van der Waals surface area contributed by atoms with Gasteiger partial charge in [-0.2, -0.15) is 0 Å². The highest BCUT2D eigenvalue weighted by Crippen LogP contribution is 2.20. The topological polar surface area (TPSA) is 52.3 Å². The summed E-state index contributed by atoms with van der Waals surface area (Å²) in [6.07, 6.45) is 0. The maximum Gasteiger partial charge on any atom is 0.248 e. The van der Waals surface area contributed by atoms with Gasteiger partial charge < -0.3 is 10.5 Å². The Morgan fingerprint density at radius 1 is 1.10 bits per heavy atom. The van der Waals surface area contributed by atoms with Crippen LogP contribution < -0.4 is 10.5 Å². The number of primary amides is 1. The van der Waals surface area contributed by atoms with Gasteiger partial charge >= 0.3 is 0 Å². The molecule has 104 valence electrons. The second kappa shape index (κ2) is 7.22. The van der Waals surface area contributed by atoms with Crippen LogP contribution in [0.5, 0.6) is 5.75 Å². The van der Waals surface area contributed by atoms with E-state index in [0.717, 1.165) is 21.4 Å². The van der Waals surface area contributed by atoms with Crippen molar-refractivity contribution in [3.8, 4) is 5.75 Å². The van der Waals surface area contributed by atoms with E-state index >= 15 is 0 Å². The lowest BCUT2D eigenvalue weighted by molar-refractivity contribution is 0.100. The van der Waals surface area contributed by atoms with Gasteiger partial charge in [0.1, 0.15) is 5.75 Å². The van der Waals surface area contributed by atoms with Crippen molar-refractivity contribution < 1.29 is 9.53 Å². The first-order valence-corrected chi connectivity index (χ1v) is 7.42. The van der Waals surface area contributed by atoms with Gasteiger partial charge in [-0.1, -0.05) is 11.6 Å². The molecular weight excluding hydrogens is 294 g/mol. The molecule has 2 N–H and O–H groups in total. The van der Waals surface area contributed by atoms with Crippen LogP contribution in [0.3, 0.4) is 0 Å². The number of carbonyl (C=O) groups is 1. The van der Waals surface area contributed by atoms with Crippen molar-refractivity contribution in [3.63, 3.8) is 0 Å². The molecule has 0 unspecified atom stereocenters. The Morgan fingerprint density at radius 3 is 2.35 bits per heavy atom. The van der Waals surface area contributed by atoms with Crippen molar-refractivity contribution in [3.05, 3.63) is 59.1 Å². The summed E-state index contributed by atoms with van der Waals surface area (Å²) in [7, 11) is 0. The zero-order valence-corrected chi connectivity index (χ0v) is 12.3. The largest absolute Gasteiger partial charge is 0.493 e. The number of ether oxygens (including phenoxy) is 1. The van der Waals surface area contributed by atoms with E-state index in [1.165, 1.54) is 0 Å². The van der Waals surface area contributed by atoms with Gasteiger partial charge in [-0.05, 0) is 48.5 Å². The van der Waals surface area contributed by atoms with E-state index in [0.29, 0.717) is 12.2 Å². The van der Waals surface area contributed by atoms with Gasteiger partial charge in [-0.15, -0.1) is 11.8 Å². The Balaban J connectivity index is 1.75. The summed E-state index contributed by atoms with van der Waals surface area (Å²) in [5.74, 6) is 1.13. The summed E-state index contributed by atoms with van der Waals surface area (Å²) in [5, 5.41) is 0.736. The molecule has 0 saturated heterocycles. The Labute approximate surface area is 127 Å². The molecule has 0 aromatic heterocycles. The quantitative estimate of drug-likeness (QED) is 0.655. The van der Waals surface area contributed by atoms with Gasteiger partial charge in [0.05, 0.1) is 6.61 Å². The molecule has 0 aliphatic rings. The molecular formula is C15H14ClNO2S. The average Bonchev–Trinajstić information content (AvgIpc) is 2.46. The van der Waals surface area contributed by atoms with Crippen LogP contribution in [0.2, 0.25) is 5.02 Å². The zero-order chi connectivity index (χ0) is 14.4. The lowest BCUT2D eigenvalue weighted by Gasteiger charge is -2.06. The Hall–Kier alpha value is -1.65. The van der Waals surface area contributed by atoms with E-state index in [1.54, 1.807) is 36.0 Å². The fraction of sp³-hybridized carbons (Fsp3) is 0.133. The minimum Gasteiger partial charge on any atom is -0.493 e. The Morgan fingerprint density at radius 2 is 1.75 bits per heavy atom. The van der Waals surface area contributed by atoms with Gasteiger partial charge in [-0.25, -0.2) is 0 Å². The number of nitrogens with two attached hydrogens (primary N) is 1. The van der Waals surface area contributed by atoms with Crippen LogP contribution in [0.15, 0.2) is 53.4 Å². The van der Waals surface area contributed by atoms with E-state index in [9.17, 15) is 4.79 Å². The third kappa shape index (κ3) is 4.47. The minimum atomic E-state index is -0.435. The SMILES string of the molecule is NC(=O)c1ccc(OCCSc2ccc(Cl)cc2)cc1. The zero-order valence-electron chi connectivity index (χ0n) is 10.7. The molecule has 0 atom stereocenters. The van der Waals surface area contributed by atoms with Gasteiger partial charge in [-0.3, -0.25) is 4.79 Å². The van der Waals surface area contributed by atoms with Crippen molar-refractivity contribution in [1.29, 1.82) is 0 Å². The molecule has 0 aliphatic heterocycles. The first-order chi connectivity index (χ1) is 9.65. The molecule has 0 bridgehead atoms. The van der Waals surface area contributed by atoms with Crippen molar-refractivity contribution in [2.24, 2.45) is 5.73 Å². The van der Waals surface area contributed by atoms with Crippen LogP contribution in [0.4, 0.5) is 0 Å². The predicted octanol–water partition coefficient (Wildman–Crippen LogP) is 3.61. The molecule has 0 fully saturated rings. The first kappa shape index (κ1) is 14.8. The summed E-state index contributed by atoms with van der Waals surface area (Å²) < 4.78 is 5.59. The van der Waals surface area contributed by atoms with Crippen molar-refractivity contribution in [2.45, 2.75) is 4.90 Å². The lowest BCUT2D eigenvalue weighted by atomic mass is 10.2. The second-order valence-corrected chi connectivity index (χ2v) is 5.64. The van der Waals surface area contributed by atoms with E-state index in [1.807, 2.05) is 24.3 Å². The summed E-state index contributed by atoms with van der Waals surface area (Å²) in [6.45, 7) is 0.587. The third-order valence-electron chi connectivity index (χ3n) is 2.57. The fourth-order valence-corrected chi connectivity index (χ4v) is 2.42. The molecule has 2 aromatic carbocycles. The average molecular weight is 308 g/mol. The van der Waals surface area contributed by atoms with Crippen molar-refractivity contribution in [2.75, 3.05) is 12.4 Å². The van der Waals surface area contributed by atoms with Crippen LogP contribution in [-0.4, -0.2) is 18.3 Å². The van der Waals surface area contributed by atoms with Crippen LogP contribution >= 0.6 is 23.4 Å². The van der Waals surface area contributed by atoms with Gasteiger partial charge in [0.15, 0.2) is 0 Å². The molecule has 2 rings (SSSR count). The normalized spacial score (nSPS) is 10.2. The maximum atomic E-state index is 10.9. The van der Waals surface area contributed by atoms with Gasteiger partial charge in [0.25, 0.3) is 0 Å². The number of benzene rings is 2. The van der Waals surface area contributed by atoms with Crippen LogP contribution in [-0.2, 0) is 0 Å². The molecule has 0 heterocycles. The molecule has 2 aromatic rings. The number of hydrogen-bond acceptors (Lipinski definition) is 3. The minimum absolute atomic E-state index is 0.435. The molecule has 0 radical (unpaired) electrons. The molecule has 3 nitrogen and oxygen atoms in total. The number of halogens is 1. The molecule has 5 heteroatoms. The van der Waals surface area contributed by atoms with Crippen molar-refractivity contribution >= 4 is 29.3 Å². The third-order valence-corrected chi connectivity index (χ3v) is 3.80. The monoisotopic (exact) mass is 307 g/mol. The van der Waals surface area contributed by atoms with E-state index in [2.05, 4.69) is 0 Å².